The van der Waals surface area contributed by atoms with Crippen molar-refractivity contribution in [1.29, 1.82) is 0 Å². The second kappa shape index (κ2) is 5.47. The van der Waals surface area contributed by atoms with Gasteiger partial charge in [-0.25, -0.2) is 4.79 Å². The lowest BCUT2D eigenvalue weighted by Crippen LogP contribution is -2.46. The van der Waals surface area contributed by atoms with E-state index < -0.39 is 24.0 Å². The van der Waals surface area contributed by atoms with E-state index in [0.717, 1.165) is 6.92 Å². The van der Waals surface area contributed by atoms with Crippen LogP contribution in [0.1, 0.15) is 17.3 Å². The third kappa shape index (κ3) is 3.52. The van der Waals surface area contributed by atoms with Crippen molar-refractivity contribution in [3.63, 3.8) is 0 Å². The van der Waals surface area contributed by atoms with Crippen LogP contribution in [-0.4, -0.2) is 44.4 Å². The Morgan fingerprint density at radius 3 is 2.61 bits per heavy atom. The average molecular weight is 294 g/mol. The predicted molar refractivity (Wildman–Crippen MR) is 62.6 cm³/mol. The van der Waals surface area contributed by atoms with E-state index >= 15 is 0 Å². The van der Waals surface area contributed by atoms with Gasteiger partial charge >= 0.3 is 5.97 Å². The molecule has 1 heterocycles. The first-order chi connectivity index (χ1) is 8.24. The van der Waals surface area contributed by atoms with Gasteiger partial charge < -0.3 is 15.5 Å². The number of rotatable bonds is 4. The molecule has 1 atom stereocenters. The van der Waals surface area contributed by atoms with Crippen LogP contribution in [0.15, 0.2) is 6.07 Å². The molecule has 0 aromatic carbocycles. The molecule has 3 N–H and O–H groups in total. The molecule has 7 nitrogen and oxygen atoms in total. The minimum absolute atomic E-state index is 0.0328. The van der Waals surface area contributed by atoms with E-state index in [0.29, 0.717) is 0 Å². The summed E-state index contributed by atoms with van der Waals surface area (Å²) in [5.74, 6) is -2.17. The Labute approximate surface area is 112 Å². The van der Waals surface area contributed by atoms with Crippen molar-refractivity contribution in [2.75, 3.05) is 6.54 Å². The summed E-state index contributed by atoms with van der Waals surface area (Å²) >= 11 is 11.2. The maximum atomic E-state index is 11.7. The van der Waals surface area contributed by atoms with E-state index in [2.05, 4.69) is 15.5 Å². The van der Waals surface area contributed by atoms with Crippen LogP contribution in [0.4, 0.5) is 0 Å². The highest BCUT2D eigenvalue weighted by molar-refractivity contribution is 6.34. The fourth-order valence-electron chi connectivity index (χ4n) is 0.936. The van der Waals surface area contributed by atoms with Crippen LogP contribution in [0.3, 0.4) is 0 Å². The van der Waals surface area contributed by atoms with Gasteiger partial charge in [-0.1, -0.05) is 23.2 Å². The number of carboxylic acids is 1. The first-order valence-electron chi connectivity index (χ1n) is 4.67. The third-order valence-electron chi connectivity index (χ3n) is 2.02. The number of aliphatic carboxylic acids is 1. The fourth-order valence-corrected chi connectivity index (χ4v) is 1.26. The van der Waals surface area contributed by atoms with Gasteiger partial charge in [-0.15, -0.1) is 10.2 Å². The lowest BCUT2D eigenvalue weighted by molar-refractivity contribution is -0.155. The zero-order chi connectivity index (χ0) is 13.9. The highest BCUT2D eigenvalue weighted by Gasteiger charge is 2.30. The number of carbonyl (C=O) groups excluding carboxylic acids is 1. The summed E-state index contributed by atoms with van der Waals surface area (Å²) in [4.78, 5) is 22.3. The Hall–Kier alpha value is -1.44. The summed E-state index contributed by atoms with van der Waals surface area (Å²) < 4.78 is 0. The quantitative estimate of drug-likeness (QED) is 0.738. The molecule has 1 unspecified atom stereocenters. The summed E-state index contributed by atoms with van der Waals surface area (Å²) in [5.41, 5.74) is -2.13. The van der Waals surface area contributed by atoms with Crippen LogP contribution in [0.25, 0.3) is 0 Å². The molecule has 0 spiro atoms. The van der Waals surface area contributed by atoms with Gasteiger partial charge in [0.15, 0.2) is 15.9 Å². The molecule has 1 amide bonds. The molecule has 1 rings (SSSR count). The molecule has 0 aliphatic carbocycles. The summed E-state index contributed by atoms with van der Waals surface area (Å²) in [6.45, 7) is 0.562. The molecule has 0 fully saturated rings. The van der Waals surface area contributed by atoms with Gasteiger partial charge in [0, 0.05) is 0 Å². The molecular weight excluding hydrogens is 285 g/mol. The molecule has 0 bridgehead atoms. The zero-order valence-corrected chi connectivity index (χ0v) is 10.7. The monoisotopic (exact) mass is 293 g/mol. The van der Waals surface area contributed by atoms with Gasteiger partial charge in [0.2, 0.25) is 0 Å². The van der Waals surface area contributed by atoms with Crippen molar-refractivity contribution in [3.05, 3.63) is 21.9 Å². The Morgan fingerprint density at radius 1 is 1.44 bits per heavy atom. The van der Waals surface area contributed by atoms with Crippen molar-refractivity contribution < 1.29 is 19.8 Å². The molecule has 9 heteroatoms. The SMILES string of the molecule is CC(O)(CNC(=O)c1cc(Cl)nnc1Cl)C(=O)O. The minimum Gasteiger partial charge on any atom is -0.479 e. The topological polar surface area (TPSA) is 112 Å². The first kappa shape index (κ1) is 14.6. The molecular formula is C9H9Cl2N3O4. The highest BCUT2D eigenvalue weighted by atomic mass is 35.5. The van der Waals surface area contributed by atoms with Crippen molar-refractivity contribution in [2.45, 2.75) is 12.5 Å². The summed E-state index contributed by atoms with van der Waals surface area (Å²) in [6.07, 6.45) is 0. The molecule has 0 saturated heterocycles. The van der Waals surface area contributed by atoms with E-state index in [-0.39, 0.29) is 15.9 Å². The van der Waals surface area contributed by atoms with Gasteiger partial charge in [0.05, 0.1) is 12.1 Å². The molecule has 98 valence electrons. The van der Waals surface area contributed by atoms with Crippen LogP contribution < -0.4 is 5.32 Å². The van der Waals surface area contributed by atoms with Crippen molar-refractivity contribution >= 4 is 35.1 Å². The molecule has 0 radical (unpaired) electrons. The minimum atomic E-state index is -2.08. The number of nitrogens with one attached hydrogen (secondary N) is 1. The molecule has 0 aliphatic heterocycles. The van der Waals surface area contributed by atoms with E-state index in [1.165, 1.54) is 6.07 Å². The normalized spacial score (nSPS) is 13.8. The van der Waals surface area contributed by atoms with Crippen molar-refractivity contribution in [2.24, 2.45) is 0 Å². The second-order valence-corrected chi connectivity index (χ2v) is 4.38. The maximum Gasteiger partial charge on any atom is 0.337 e. The van der Waals surface area contributed by atoms with Crippen molar-refractivity contribution in [1.82, 2.24) is 15.5 Å². The Balaban J connectivity index is 2.78. The van der Waals surface area contributed by atoms with E-state index in [1.54, 1.807) is 0 Å². The predicted octanol–water partition coefficient (Wildman–Crippen LogP) is 0.349. The smallest absolute Gasteiger partial charge is 0.337 e. The number of aromatic nitrogens is 2. The Morgan fingerprint density at radius 2 is 2.06 bits per heavy atom. The van der Waals surface area contributed by atoms with Gasteiger partial charge in [-0.2, -0.15) is 0 Å². The first-order valence-corrected chi connectivity index (χ1v) is 5.42. The Bertz CT molecular complexity index is 493. The van der Waals surface area contributed by atoms with Gasteiger partial charge in [-0.3, -0.25) is 4.79 Å². The van der Waals surface area contributed by atoms with E-state index in [4.69, 9.17) is 28.3 Å². The van der Waals surface area contributed by atoms with Crippen LogP contribution in [-0.2, 0) is 4.79 Å². The molecule has 1 aromatic heterocycles. The largest absolute Gasteiger partial charge is 0.479 e. The zero-order valence-electron chi connectivity index (χ0n) is 9.15. The number of carbonyl (C=O) groups is 2. The molecule has 0 saturated carbocycles. The summed E-state index contributed by atoms with van der Waals surface area (Å²) in [5, 5.41) is 26.9. The van der Waals surface area contributed by atoms with E-state index in [9.17, 15) is 14.7 Å². The molecule has 0 aliphatic rings. The summed E-state index contributed by atoms with van der Waals surface area (Å²) in [6, 6.07) is 1.18. The molecule has 1 aromatic rings. The van der Waals surface area contributed by atoms with Crippen LogP contribution >= 0.6 is 23.2 Å². The van der Waals surface area contributed by atoms with Gasteiger partial charge in [0.1, 0.15) is 0 Å². The Kier molecular flexibility index (Phi) is 4.44. The number of halogens is 2. The third-order valence-corrected chi connectivity index (χ3v) is 2.48. The lowest BCUT2D eigenvalue weighted by Gasteiger charge is -2.18. The molecule has 18 heavy (non-hydrogen) atoms. The maximum absolute atomic E-state index is 11.7. The average Bonchev–Trinajstić information content (AvgIpc) is 2.29. The number of nitrogens with zero attached hydrogens (tertiary/aromatic N) is 2. The lowest BCUT2D eigenvalue weighted by atomic mass is 10.1. The van der Waals surface area contributed by atoms with Gasteiger partial charge in [0.25, 0.3) is 5.91 Å². The summed E-state index contributed by atoms with van der Waals surface area (Å²) in [7, 11) is 0. The highest BCUT2D eigenvalue weighted by Crippen LogP contribution is 2.15. The fraction of sp³-hybridized carbons (Fsp3) is 0.333. The van der Waals surface area contributed by atoms with Crippen molar-refractivity contribution in [3.8, 4) is 0 Å². The number of amides is 1. The standard InChI is InChI=1S/C9H9Cl2N3O4/c1-9(18,8(16)17)3-12-7(15)4-2-5(10)13-14-6(4)11/h2,18H,3H2,1H3,(H,12,15)(H,16,17). The number of hydrogen-bond donors (Lipinski definition) is 3. The van der Waals surface area contributed by atoms with E-state index in [1.807, 2.05) is 0 Å². The van der Waals surface area contributed by atoms with Crippen LogP contribution in [0.5, 0.6) is 0 Å². The van der Waals surface area contributed by atoms with Crippen LogP contribution in [0.2, 0.25) is 10.3 Å². The van der Waals surface area contributed by atoms with Gasteiger partial charge in [-0.05, 0) is 13.0 Å². The second-order valence-electron chi connectivity index (χ2n) is 3.63. The van der Waals surface area contributed by atoms with Crippen LogP contribution in [0, 0.1) is 0 Å². The number of carboxylic acid groups (broad SMARTS) is 1. The number of aliphatic hydroxyl groups is 1. The number of hydrogen-bond acceptors (Lipinski definition) is 5.